The highest BCUT2D eigenvalue weighted by Crippen LogP contribution is 2.54. The number of aryl methyl sites for hydroxylation is 3. The van der Waals surface area contributed by atoms with Crippen LogP contribution >= 0.6 is 0 Å². The van der Waals surface area contributed by atoms with Gasteiger partial charge in [-0.15, -0.1) is 0 Å². The molecule has 0 amide bonds. The molecule has 7 heteroatoms. The van der Waals surface area contributed by atoms with Crippen molar-refractivity contribution in [1.82, 2.24) is 0 Å². The second-order valence-electron chi connectivity index (χ2n) is 8.21. The first-order valence-electron chi connectivity index (χ1n) is 9.92. The Labute approximate surface area is 176 Å². The molecule has 0 atom stereocenters. The quantitative estimate of drug-likeness (QED) is 0.332. The smallest absolute Gasteiger partial charge is 0.218 e. The van der Waals surface area contributed by atoms with Crippen molar-refractivity contribution in [3.05, 3.63) is 69.3 Å². The monoisotopic (exact) mass is 444 g/mol. The molecule has 0 aromatic heterocycles. The standard InChI is InChI=1S/C24H23F7/c1-13-10-20(22(25,23(26,27)28)24(29,30)31)12-21(14(13)2)16(4)15(3)18-9-8-17-6-5-7-19(17)11-18/h8-12H,5-7H2,1-4H3/b16-15+. The predicted octanol–water partition coefficient (Wildman–Crippen LogP) is 8.03. The van der Waals surface area contributed by atoms with Crippen LogP contribution in [0.15, 0.2) is 30.3 Å². The van der Waals surface area contributed by atoms with E-state index >= 15 is 0 Å². The van der Waals surface area contributed by atoms with Gasteiger partial charge in [-0.3, -0.25) is 0 Å². The van der Waals surface area contributed by atoms with Crippen molar-refractivity contribution in [2.75, 3.05) is 0 Å². The van der Waals surface area contributed by atoms with E-state index in [1.54, 1.807) is 20.8 Å². The van der Waals surface area contributed by atoms with Crippen molar-refractivity contribution < 1.29 is 30.7 Å². The number of benzene rings is 2. The summed E-state index contributed by atoms with van der Waals surface area (Å²) in [5, 5.41) is 0. The lowest BCUT2D eigenvalue weighted by Crippen LogP contribution is -2.50. The summed E-state index contributed by atoms with van der Waals surface area (Å²) < 4.78 is 94.5. The van der Waals surface area contributed by atoms with E-state index in [1.165, 1.54) is 18.1 Å². The Hall–Kier alpha value is -2.31. The van der Waals surface area contributed by atoms with Gasteiger partial charge < -0.3 is 0 Å². The number of hydrogen-bond acceptors (Lipinski definition) is 0. The van der Waals surface area contributed by atoms with Crippen LogP contribution in [0.25, 0.3) is 11.1 Å². The van der Waals surface area contributed by atoms with E-state index in [9.17, 15) is 30.7 Å². The van der Waals surface area contributed by atoms with Crippen LogP contribution in [0.4, 0.5) is 30.7 Å². The van der Waals surface area contributed by atoms with E-state index in [2.05, 4.69) is 0 Å². The average Bonchev–Trinajstić information content (AvgIpc) is 3.14. The molecule has 0 saturated heterocycles. The fourth-order valence-electron chi connectivity index (χ4n) is 4.16. The molecule has 0 aliphatic heterocycles. The summed E-state index contributed by atoms with van der Waals surface area (Å²) in [4.78, 5) is 0. The Morgan fingerprint density at radius 2 is 1.32 bits per heavy atom. The third kappa shape index (κ3) is 3.87. The second kappa shape index (κ2) is 7.68. The molecule has 0 bridgehead atoms. The largest absolute Gasteiger partial charge is 0.435 e. The minimum atomic E-state index is -6.14. The Morgan fingerprint density at radius 3 is 1.90 bits per heavy atom. The third-order valence-corrected chi connectivity index (χ3v) is 6.34. The van der Waals surface area contributed by atoms with Gasteiger partial charge in [-0.05, 0) is 97.6 Å². The first-order chi connectivity index (χ1) is 14.2. The third-order valence-electron chi connectivity index (χ3n) is 6.34. The van der Waals surface area contributed by atoms with Crippen molar-refractivity contribution >= 4 is 11.1 Å². The fraction of sp³-hybridized carbons (Fsp3) is 0.417. The van der Waals surface area contributed by atoms with Gasteiger partial charge in [0.1, 0.15) is 0 Å². The minimum Gasteiger partial charge on any atom is -0.218 e. The normalized spacial score (nSPS) is 15.7. The number of halogens is 7. The van der Waals surface area contributed by atoms with E-state index in [1.807, 2.05) is 18.2 Å². The van der Waals surface area contributed by atoms with Gasteiger partial charge in [0, 0.05) is 5.56 Å². The minimum absolute atomic E-state index is 0.157. The molecule has 0 saturated carbocycles. The van der Waals surface area contributed by atoms with Gasteiger partial charge in [0.2, 0.25) is 0 Å². The highest BCUT2D eigenvalue weighted by atomic mass is 19.4. The van der Waals surface area contributed by atoms with Crippen LogP contribution in [-0.2, 0) is 18.5 Å². The Kier molecular flexibility index (Phi) is 5.78. The summed E-state index contributed by atoms with van der Waals surface area (Å²) >= 11 is 0. The van der Waals surface area contributed by atoms with Crippen LogP contribution < -0.4 is 0 Å². The van der Waals surface area contributed by atoms with Gasteiger partial charge in [-0.1, -0.05) is 24.3 Å². The summed E-state index contributed by atoms with van der Waals surface area (Å²) in [6, 6.07) is 7.24. The van der Waals surface area contributed by atoms with E-state index in [4.69, 9.17) is 0 Å². The molecule has 2 aromatic rings. The average molecular weight is 444 g/mol. The summed E-state index contributed by atoms with van der Waals surface area (Å²) in [5.41, 5.74) is -1.55. The van der Waals surface area contributed by atoms with Crippen LogP contribution in [0.2, 0.25) is 0 Å². The first-order valence-corrected chi connectivity index (χ1v) is 9.92. The number of rotatable bonds is 3. The molecule has 0 N–H and O–H groups in total. The molecule has 168 valence electrons. The number of allylic oxidation sites excluding steroid dienone is 2. The predicted molar refractivity (Wildman–Crippen MR) is 107 cm³/mol. The topological polar surface area (TPSA) is 0 Å². The maximum atomic E-state index is 14.7. The molecule has 0 spiro atoms. The molecule has 0 nitrogen and oxygen atoms in total. The number of hydrogen-bond donors (Lipinski definition) is 0. The molecule has 0 unspecified atom stereocenters. The van der Waals surface area contributed by atoms with E-state index < -0.39 is 23.6 Å². The lowest BCUT2D eigenvalue weighted by atomic mass is 9.85. The zero-order valence-corrected chi connectivity index (χ0v) is 17.7. The lowest BCUT2D eigenvalue weighted by molar-refractivity contribution is -0.348. The van der Waals surface area contributed by atoms with Gasteiger partial charge >= 0.3 is 18.0 Å². The molecule has 31 heavy (non-hydrogen) atoms. The van der Waals surface area contributed by atoms with Crippen LogP contribution in [0.1, 0.15) is 59.2 Å². The maximum Gasteiger partial charge on any atom is 0.435 e. The van der Waals surface area contributed by atoms with Gasteiger partial charge in [0.25, 0.3) is 0 Å². The summed E-state index contributed by atoms with van der Waals surface area (Å²) in [7, 11) is 0. The molecule has 0 radical (unpaired) electrons. The second-order valence-corrected chi connectivity index (χ2v) is 8.21. The molecule has 1 aliphatic rings. The molecule has 3 rings (SSSR count). The van der Waals surface area contributed by atoms with E-state index in [0.29, 0.717) is 23.3 Å². The van der Waals surface area contributed by atoms with Crippen LogP contribution in [0, 0.1) is 13.8 Å². The highest BCUT2D eigenvalue weighted by molar-refractivity contribution is 5.90. The Morgan fingerprint density at radius 1 is 0.742 bits per heavy atom. The van der Waals surface area contributed by atoms with Gasteiger partial charge in [0.15, 0.2) is 0 Å². The molecular formula is C24H23F7. The molecule has 0 fully saturated rings. The first kappa shape index (κ1) is 23.4. The molecule has 2 aromatic carbocycles. The van der Waals surface area contributed by atoms with Crippen molar-refractivity contribution in [2.45, 2.75) is 65.0 Å². The maximum absolute atomic E-state index is 14.7. The Balaban J connectivity index is 2.20. The molecule has 0 heterocycles. The highest BCUT2D eigenvalue weighted by Gasteiger charge is 2.73. The van der Waals surface area contributed by atoms with E-state index in [0.717, 1.165) is 30.4 Å². The van der Waals surface area contributed by atoms with Gasteiger partial charge in [-0.2, -0.15) is 26.3 Å². The number of fused-ring (bicyclic) bond motifs is 1. The molecular weight excluding hydrogens is 421 g/mol. The number of alkyl halides is 7. The Bertz CT molecular complexity index is 1030. The van der Waals surface area contributed by atoms with Gasteiger partial charge in [-0.25, -0.2) is 4.39 Å². The zero-order chi connectivity index (χ0) is 23.4. The summed E-state index contributed by atoms with van der Waals surface area (Å²) in [5.74, 6) is 0. The van der Waals surface area contributed by atoms with Crippen LogP contribution in [0.5, 0.6) is 0 Å². The van der Waals surface area contributed by atoms with Crippen LogP contribution in [-0.4, -0.2) is 12.4 Å². The SMILES string of the molecule is C/C(=C(/C)c1cc(C(F)(C(F)(F)F)C(F)(F)F)cc(C)c1C)c1ccc2c(c1)CCC2. The van der Waals surface area contributed by atoms with Crippen LogP contribution in [0.3, 0.4) is 0 Å². The van der Waals surface area contributed by atoms with Gasteiger partial charge in [0.05, 0.1) is 0 Å². The van der Waals surface area contributed by atoms with Crippen molar-refractivity contribution in [1.29, 1.82) is 0 Å². The zero-order valence-electron chi connectivity index (χ0n) is 17.7. The van der Waals surface area contributed by atoms with E-state index in [-0.39, 0.29) is 11.1 Å². The molecule has 1 aliphatic carbocycles. The van der Waals surface area contributed by atoms with Crippen molar-refractivity contribution in [3.63, 3.8) is 0 Å². The lowest BCUT2D eigenvalue weighted by Gasteiger charge is -2.31. The summed E-state index contributed by atoms with van der Waals surface area (Å²) in [6.07, 6.45) is -9.31. The fourth-order valence-corrected chi connectivity index (χ4v) is 4.16. The van der Waals surface area contributed by atoms with Crippen molar-refractivity contribution in [3.8, 4) is 0 Å². The summed E-state index contributed by atoms with van der Waals surface area (Å²) in [6.45, 7) is 6.39. The van der Waals surface area contributed by atoms with Crippen molar-refractivity contribution in [2.24, 2.45) is 0 Å².